The number of nitrogens with one attached hydrogen (secondary N) is 1. The van der Waals surface area contributed by atoms with Crippen LogP contribution in [-0.2, 0) is 11.2 Å². The molecule has 0 aliphatic carbocycles. The number of hydrogen-bond acceptors (Lipinski definition) is 5. The molecular formula is C22H22N4O2S. The topological polar surface area (TPSA) is 69.0 Å². The SMILES string of the molecule is COc1ccc2sc(-n3nc(C)cc3NC(=O)Cc3cc(C)ccc3C)nc2c1. The second-order valence-corrected chi connectivity index (χ2v) is 8.08. The molecule has 2 aromatic heterocycles. The van der Waals surface area contributed by atoms with Gasteiger partial charge in [-0.05, 0) is 44.0 Å². The standard InChI is InChI=1S/C22H22N4O2S/c1-13-5-6-14(2)16(9-13)11-21(27)24-20-10-15(3)25-26(20)22-23-18-12-17(28-4)7-8-19(18)29-22/h5-10,12H,11H2,1-4H3,(H,24,27). The fourth-order valence-electron chi connectivity index (χ4n) is 3.20. The summed E-state index contributed by atoms with van der Waals surface area (Å²) in [7, 11) is 1.63. The van der Waals surface area contributed by atoms with Crippen LogP contribution in [-0.4, -0.2) is 27.8 Å². The van der Waals surface area contributed by atoms with Gasteiger partial charge in [-0.25, -0.2) is 4.98 Å². The predicted molar refractivity (Wildman–Crippen MR) is 116 cm³/mol. The molecule has 2 aromatic carbocycles. The lowest BCUT2D eigenvalue weighted by Crippen LogP contribution is -2.17. The van der Waals surface area contributed by atoms with E-state index >= 15 is 0 Å². The summed E-state index contributed by atoms with van der Waals surface area (Å²) in [6, 6.07) is 13.8. The number of amides is 1. The number of thiazole rings is 1. The summed E-state index contributed by atoms with van der Waals surface area (Å²) >= 11 is 1.52. The highest BCUT2D eigenvalue weighted by atomic mass is 32.1. The quantitative estimate of drug-likeness (QED) is 0.526. The van der Waals surface area contributed by atoms with Crippen LogP contribution in [0, 0.1) is 20.8 Å². The van der Waals surface area contributed by atoms with Crippen LogP contribution >= 0.6 is 11.3 Å². The van der Waals surface area contributed by atoms with Gasteiger partial charge in [-0.2, -0.15) is 9.78 Å². The molecule has 7 heteroatoms. The zero-order valence-electron chi connectivity index (χ0n) is 16.8. The van der Waals surface area contributed by atoms with Crippen LogP contribution < -0.4 is 10.1 Å². The molecule has 1 N–H and O–H groups in total. The fourth-order valence-corrected chi connectivity index (χ4v) is 4.11. The van der Waals surface area contributed by atoms with Crippen molar-refractivity contribution in [3.8, 4) is 10.9 Å². The largest absolute Gasteiger partial charge is 0.497 e. The molecule has 0 fully saturated rings. The Morgan fingerprint density at radius 2 is 1.97 bits per heavy atom. The molecule has 0 atom stereocenters. The molecule has 0 bridgehead atoms. The van der Waals surface area contributed by atoms with Gasteiger partial charge in [0.2, 0.25) is 11.0 Å². The maximum atomic E-state index is 12.7. The van der Waals surface area contributed by atoms with Gasteiger partial charge in [0.25, 0.3) is 0 Å². The van der Waals surface area contributed by atoms with Gasteiger partial charge in [0.05, 0.1) is 29.4 Å². The van der Waals surface area contributed by atoms with E-state index in [0.717, 1.165) is 38.4 Å². The van der Waals surface area contributed by atoms with Crippen molar-refractivity contribution < 1.29 is 9.53 Å². The molecule has 4 rings (SSSR count). The average Bonchev–Trinajstić information content (AvgIpc) is 3.26. The molecule has 0 radical (unpaired) electrons. The number of methoxy groups -OCH3 is 1. The lowest BCUT2D eigenvalue weighted by Gasteiger charge is -2.09. The van der Waals surface area contributed by atoms with E-state index in [1.165, 1.54) is 11.3 Å². The number of benzene rings is 2. The van der Waals surface area contributed by atoms with Gasteiger partial charge < -0.3 is 10.1 Å². The summed E-state index contributed by atoms with van der Waals surface area (Å²) in [5.41, 5.74) is 4.92. The number of ether oxygens (including phenoxy) is 1. The van der Waals surface area contributed by atoms with E-state index in [1.54, 1.807) is 11.8 Å². The van der Waals surface area contributed by atoms with E-state index in [4.69, 9.17) is 4.74 Å². The maximum Gasteiger partial charge on any atom is 0.229 e. The molecular weight excluding hydrogens is 384 g/mol. The van der Waals surface area contributed by atoms with Gasteiger partial charge in [0.1, 0.15) is 11.6 Å². The van der Waals surface area contributed by atoms with Crippen LogP contribution in [0.15, 0.2) is 42.5 Å². The monoisotopic (exact) mass is 406 g/mol. The Morgan fingerprint density at radius 3 is 2.76 bits per heavy atom. The highest BCUT2D eigenvalue weighted by molar-refractivity contribution is 7.20. The van der Waals surface area contributed by atoms with Crippen molar-refractivity contribution in [1.82, 2.24) is 14.8 Å². The molecule has 2 heterocycles. The third-order valence-corrected chi connectivity index (χ3v) is 5.73. The third-order valence-electron chi connectivity index (χ3n) is 4.72. The van der Waals surface area contributed by atoms with Crippen molar-refractivity contribution in [2.24, 2.45) is 0 Å². The van der Waals surface area contributed by atoms with Gasteiger partial charge in [-0.1, -0.05) is 35.1 Å². The summed E-state index contributed by atoms with van der Waals surface area (Å²) in [5.74, 6) is 1.29. The minimum atomic E-state index is -0.0809. The minimum Gasteiger partial charge on any atom is -0.497 e. The lowest BCUT2D eigenvalue weighted by molar-refractivity contribution is -0.115. The Bertz CT molecular complexity index is 1210. The molecule has 4 aromatic rings. The predicted octanol–water partition coefficient (Wildman–Crippen LogP) is 4.60. The summed E-state index contributed by atoms with van der Waals surface area (Å²) in [5, 5.41) is 8.22. The van der Waals surface area contributed by atoms with E-state index in [2.05, 4.69) is 27.5 Å². The van der Waals surface area contributed by atoms with Crippen molar-refractivity contribution in [2.45, 2.75) is 27.2 Å². The van der Waals surface area contributed by atoms with Gasteiger partial charge in [-0.3, -0.25) is 4.79 Å². The summed E-state index contributed by atoms with van der Waals surface area (Å²) in [4.78, 5) is 17.4. The minimum absolute atomic E-state index is 0.0809. The number of hydrogen-bond donors (Lipinski definition) is 1. The zero-order chi connectivity index (χ0) is 20.5. The molecule has 0 spiro atoms. The van der Waals surface area contributed by atoms with Crippen molar-refractivity contribution in [3.05, 3.63) is 64.8 Å². The Morgan fingerprint density at radius 1 is 1.14 bits per heavy atom. The molecule has 0 saturated heterocycles. The van der Waals surface area contributed by atoms with Gasteiger partial charge >= 0.3 is 0 Å². The van der Waals surface area contributed by atoms with Crippen molar-refractivity contribution in [2.75, 3.05) is 12.4 Å². The van der Waals surface area contributed by atoms with E-state index in [9.17, 15) is 4.79 Å². The number of carbonyl (C=O) groups excluding carboxylic acids is 1. The van der Waals surface area contributed by atoms with Gasteiger partial charge in [0.15, 0.2) is 0 Å². The molecule has 29 heavy (non-hydrogen) atoms. The third kappa shape index (κ3) is 4.00. The van der Waals surface area contributed by atoms with E-state index in [0.29, 0.717) is 17.4 Å². The first-order valence-corrected chi connectivity index (χ1v) is 10.1. The molecule has 6 nitrogen and oxygen atoms in total. The summed E-state index contributed by atoms with van der Waals surface area (Å²) < 4.78 is 7.99. The zero-order valence-corrected chi connectivity index (χ0v) is 17.6. The normalized spacial score (nSPS) is 11.0. The first kappa shape index (κ1) is 19.1. The number of aromatic nitrogens is 3. The molecule has 1 amide bonds. The Kier molecular flexibility index (Phi) is 5.07. The van der Waals surface area contributed by atoms with Crippen molar-refractivity contribution in [3.63, 3.8) is 0 Å². The second kappa shape index (κ2) is 7.67. The smallest absolute Gasteiger partial charge is 0.229 e. The number of nitrogens with zero attached hydrogens (tertiary/aromatic N) is 3. The summed E-state index contributed by atoms with van der Waals surface area (Å²) in [6.45, 7) is 5.94. The van der Waals surface area contributed by atoms with Crippen LogP contribution in [0.5, 0.6) is 5.75 Å². The highest BCUT2D eigenvalue weighted by Gasteiger charge is 2.15. The molecule has 0 unspecified atom stereocenters. The first-order valence-electron chi connectivity index (χ1n) is 9.30. The number of rotatable bonds is 5. The molecule has 0 saturated carbocycles. The number of carbonyl (C=O) groups is 1. The van der Waals surface area contributed by atoms with Gasteiger partial charge in [0, 0.05) is 12.1 Å². The Hall–Kier alpha value is -3.19. The van der Waals surface area contributed by atoms with Crippen LogP contribution in [0.2, 0.25) is 0 Å². The lowest BCUT2D eigenvalue weighted by atomic mass is 10.0. The van der Waals surface area contributed by atoms with Crippen LogP contribution in [0.25, 0.3) is 15.3 Å². The van der Waals surface area contributed by atoms with Gasteiger partial charge in [-0.15, -0.1) is 0 Å². The van der Waals surface area contributed by atoms with Crippen LogP contribution in [0.4, 0.5) is 5.82 Å². The van der Waals surface area contributed by atoms with Crippen LogP contribution in [0.1, 0.15) is 22.4 Å². The average molecular weight is 407 g/mol. The molecule has 148 valence electrons. The molecule has 0 aliphatic rings. The highest BCUT2D eigenvalue weighted by Crippen LogP contribution is 2.29. The van der Waals surface area contributed by atoms with E-state index in [1.807, 2.05) is 51.1 Å². The Balaban J connectivity index is 1.61. The van der Waals surface area contributed by atoms with Crippen molar-refractivity contribution in [1.29, 1.82) is 0 Å². The summed E-state index contributed by atoms with van der Waals surface area (Å²) in [6.07, 6.45) is 0.314. The first-order chi connectivity index (χ1) is 13.9. The Labute approximate surface area is 173 Å². The number of fused-ring (bicyclic) bond motifs is 1. The van der Waals surface area contributed by atoms with Crippen LogP contribution in [0.3, 0.4) is 0 Å². The number of aryl methyl sites for hydroxylation is 3. The van der Waals surface area contributed by atoms with E-state index < -0.39 is 0 Å². The van der Waals surface area contributed by atoms with E-state index in [-0.39, 0.29) is 5.91 Å². The second-order valence-electron chi connectivity index (χ2n) is 7.07. The fraction of sp³-hybridized carbons (Fsp3) is 0.227. The van der Waals surface area contributed by atoms with Crippen molar-refractivity contribution >= 4 is 33.3 Å². The molecule has 0 aliphatic heterocycles. The maximum absolute atomic E-state index is 12.7. The number of anilines is 1.